The number of unbranched alkanes of at least 4 members (excludes halogenated alkanes) is 1. The zero-order valence-electron chi connectivity index (χ0n) is 15.9. The summed E-state index contributed by atoms with van der Waals surface area (Å²) in [5.41, 5.74) is 3.24. The molecule has 2 aromatic rings. The molecule has 3 rings (SSSR count). The molecule has 6 nitrogen and oxygen atoms in total. The molecule has 0 radical (unpaired) electrons. The van der Waals surface area contributed by atoms with Crippen LogP contribution in [0.4, 0.5) is 21.9 Å². The molecule has 6 heteroatoms. The molecule has 1 aliphatic heterocycles. The van der Waals surface area contributed by atoms with Gasteiger partial charge in [0.15, 0.2) is 0 Å². The summed E-state index contributed by atoms with van der Waals surface area (Å²) in [7, 11) is 2.06. The Hall–Kier alpha value is -3.02. The first kappa shape index (κ1) is 18.8. The van der Waals surface area contributed by atoms with E-state index in [4.69, 9.17) is 0 Å². The van der Waals surface area contributed by atoms with Gasteiger partial charge in [-0.2, -0.15) is 0 Å². The van der Waals surface area contributed by atoms with Crippen LogP contribution < -0.4 is 20.4 Å². The summed E-state index contributed by atoms with van der Waals surface area (Å²) in [5, 5.41) is 5.67. The van der Waals surface area contributed by atoms with Crippen molar-refractivity contribution in [3.63, 3.8) is 0 Å². The molecule has 0 aliphatic carbocycles. The van der Waals surface area contributed by atoms with Crippen LogP contribution in [0.3, 0.4) is 0 Å². The second kappa shape index (κ2) is 8.58. The number of benzene rings is 2. The number of hydrogen-bond donors (Lipinski definition) is 2. The molecule has 1 saturated heterocycles. The zero-order valence-corrected chi connectivity index (χ0v) is 15.9. The third kappa shape index (κ3) is 4.58. The summed E-state index contributed by atoms with van der Waals surface area (Å²) in [6, 6.07) is 14.8. The molecule has 1 heterocycles. The summed E-state index contributed by atoms with van der Waals surface area (Å²) in [6.07, 6.45) is 2.31. The number of amides is 3. The minimum atomic E-state index is -0.149. The molecule has 2 aromatic carbocycles. The van der Waals surface area contributed by atoms with Gasteiger partial charge >= 0.3 is 6.03 Å². The quantitative estimate of drug-likeness (QED) is 0.785. The Labute approximate surface area is 160 Å². The Morgan fingerprint density at radius 1 is 1.15 bits per heavy atom. The molecular formula is C21H26N4O2. The highest BCUT2D eigenvalue weighted by molar-refractivity contribution is 6.04. The predicted molar refractivity (Wildman–Crippen MR) is 110 cm³/mol. The van der Waals surface area contributed by atoms with E-state index in [9.17, 15) is 9.59 Å². The monoisotopic (exact) mass is 366 g/mol. The third-order valence-corrected chi connectivity index (χ3v) is 4.71. The lowest BCUT2D eigenvalue weighted by Crippen LogP contribution is -2.27. The van der Waals surface area contributed by atoms with Gasteiger partial charge < -0.3 is 15.5 Å². The zero-order chi connectivity index (χ0) is 19.2. The van der Waals surface area contributed by atoms with Crippen LogP contribution in [-0.2, 0) is 0 Å². The van der Waals surface area contributed by atoms with Crippen molar-refractivity contribution in [2.75, 3.05) is 41.8 Å². The third-order valence-electron chi connectivity index (χ3n) is 4.71. The molecule has 3 amide bonds. The summed E-state index contributed by atoms with van der Waals surface area (Å²) < 4.78 is 0. The van der Waals surface area contributed by atoms with Gasteiger partial charge in [0.1, 0.15) is 0 Å². The lowest BCUT2D eigenvalue weighted by atomic mass is 10.1. The minimum absolute atomic E-state index is 0.0872. The van der Waals surface area contributed by atoms with Crippen LogP contribution >= 0.6 is 0 Å². The first-order valence-electron chi connectivity index (χ1n) is 9.36. The Balaban J connectivity index is 1.60. The van der Waals surface area contributed by atoms with Crippen LogP contribution in [0.1, 0.15) is 30.1 Å². The predicted octanol–water partition coefficient (Wildman–Crippen LogP) is 3.70. The van der Waals surface area contributed by atoms with Crippen molar-refractivity contribution < 1.29 is 9.59 Å². The average Bonchev–Trinajstić information content (AvgIpc) is 3.12. The second-order valence-electron chi connectivity index (χ2n) is 6.71. The van der Waals surface area contributed by atoms with E-state index in [1.807, 2.05) is 48.5 Å². The number of carbonyl (C=O) groups excluding carboxylic acids is 2. The SMILES string of the molecule is CCCCN(C)c1ccc(C(=O)Nc2ccc(N3CCNC3=O)cc2)cc1. The Kier molecular flexibility index (Phi) is 5.96. The fourth-order valence-corrected chi connectivity index (χ4v) is 3.04. The van der Waals surface area contributed by atoms with Gasteiger partial charge in [-0.15, -0.1) is 0 Å². The summed E-state index contributed by atoms with van der Waals surface area (Å²) in [4.78, 5) is 28.0. The van der Waals surface area contributed by atoms with E-state index in [0.29, 0.717) is 24.3 Å². The summed E-state index contributed by atoms with van der Waals surface area (Å²) >= 11 is 0. The molecule has 0 saturated carbocycles. The largest absolute Gasteiger partial charge is 0.375 e. The number of anilines is 3. The second-order valence-corrected chi connectivity index (χ2v) is 6.71. The number of hydrogen-bond acceptors (Lipinski definition) is 3. The van der Waals surface area contributed by atoms with E-state index in [-0.39, 0.29) is 11.9 Å². The first-order valence-corrected chi connectivity index (χ1v) is 9.36. The maximum atomic E-state index is 12.5. The lowest BCUT2D eigenvalue weighted by molar-refractivity contribution is 0.102. The molecule has 1 fully saturated rings. The molecule has 0 spiro atoms. The molecule has 0 bridgehead atoms. The minimum Gasteiger partial charge on any atom is -0.375 e. The lowest BCUT2D eigenvalue weighted by Gasteiger charge is -2.19. The number of carbonyl (C=O) groups is 2. The van der Waals surface area contributed by atoms with Gasteiger partial charge in [0.25, 0.3) is 5.91 Å². The summed E-state index contributed by atoms with van der Waals surface area (Å²) in [6.45, 7) is 4.49. The smallest absolute Gasteiger partial charge is 0.321 e. The molecule has 142 valence electrons. The molecule has 27 heavy (non-hydrogen) atoms. The van der Waals surface area contributed by atoms with Crippen LogP contribution in [0.25, 0.3) is 0 Å². The fourth-order valence-electron chi connectivity index (χ4n) is 3.04. The van der Waals surface area contributed by atoms with Crippen LogP contribution in [0, 0.1) is 0 Å². The van der Waals surface area contributed by atoms with Crippen molar-refractivity contribution in [2.24, 2.45) is 0 Å². The maximum Gasteiger partial charge on any atom is 0.321 e. The van der Waals surface area contributed by atoms with E-state index in [1.54, 1.807) is 4.90 Å². The van der Waals surface area contributed by atoms with E-state index in [0.717, 1.165) is 30.8 Å². The Morgan fingerprint density at radius 2 is 1.85 bits per heavy atom. The maximum absolute atomic E-state index is 12.5. The summed E-state index contributed by atoms with van der Waals surface area (Å²) in [5.74, 6) is -0.149. The van der Waals surface area contributed by atoms with Crippen LogP contribution in [-0.4, -0.2) is 38.6 Å². The fraction of sp³-hybridized carbons (Fsp3) is 0.333. The van der Waals surface area contributed by atoms with Gasteiger partial charge in [0.2, 0.25) is 0 Å². The number of rotatable bonds is 7. The van der Waals surface area contributed by atoms with Crippen LogP contribution in [0.15, 0.2) is 48.5 Å². The number of urea groups is 1. The van der Waals surface area contributed by atoms with Crippen LogP contribution in [0.5, 0.6) is 0 Å². The molecule has 1 aliphatic rings. The molecule has 0 unspecified atom stereocenters. The molecule has 0 atom stereocenters. The van der Waals surface area contributed by atoms with Gasteiger partial charge in [-0.3, -0.25) is 9.69 Å². The average molecular weight is 366 g/mol. The van der Waals surface area contributed by atoms with Crippen molar-refractivity contribution in [1.29, 1.82) is 0 Å². The van der Waals surface area contributed by atoms with Gasteiger partial charge in [-0.1, -0.05) is 13.3 Å². The highest BCUT2D eigenvalue weighted by Gasteiger charge is 2.20. The van der Waals surface area contributed by atoms with Gasteiger partial charge in [-0.05, 0) is 55.0 Å². The van der Waals surface area contributed by atoms with Crippen molar-refractivity contribution in [1.82, 2.24) is 5.32 Å². The van der Waals surface area contributed by atoms with E-state index in [2.05, 4.69) is 29.5 Å². The normalized spacial score (nSPS) is 13.4. The van der Waals surface area contributed by atoms with E-state index < -0.39 is 0 Å². The standard InChI is InChI=1S/C21H26N4O2/c1-3-4-14-24(2)18-9-5-16(6-10-18)20(26)23-17-7-11-19(12-8-17)25-15-13-22-21(25)27/h5-12H,3-4,13-15H2,1-2H3,(H,22,27)(H,23,26). The van der Waals surface area contributed by atoms with Crippen molar-refractivity contribution in [3.8, 4) is 0 Å². The highest BCUT2D eigenvalue weighted by atomic mass is 16.2. The van der Waals surface area contributed by atoms with E-state index in [1.165, 1.54) is 0 Å². The van der Waals surface area contributed by atoms with E-state index >= 15 is 0 Å². The molecule has 0 aromatic heterocycles. The first-order chi connectivity index (χ1) is 13.1. The van der Waals surface area contributed by atoms with Gasteiger partial charge in [0, 0.05) is 49.3 Å². The molecular weight excluding hydrogens is 340 g/mol. The number of nitrogens with zero attached hydrogens (tertiary/aromatic N) is 2. The van der Waals surface area contributed by atoms with Crippen molar-refractivity contribution in [2.45, 2.75) is 19.8 Å². The molecule has 2 N–H and O–H groups in total. The Bertz CT molecular complexity index is 787. The van der Waals surface area contributed by atoms with Crippen LogP contribution in [0.2, 0.25) is 0 Å². The Morgan fingerprint density at radius 3 is 2.44 bits per heavy atom. The highest BCUT2D eigenvalue weighted by Crippen LogP contribution is 2.20. The van der Waals surface area contributed by atoms with Gasteiger partial charge in [0.05, 0.1) is 0 Å². The number of nitrogens with one attached hydrogen (secondary N) is 2. The van der Waals surface area contributed by atoms with Crippen molar-refractivity contribution in [3.05, 3.63) is 54.1 Å². The van der Waals surface area contributed by atoms with Gasteiger partial charge in [-0.25, -0.2) is 4.79 Å². The topological polar surface area (TPSA) is 64.7 Å². The van der Waals surface area contributed by atoms with Crippen molar-refractivity contribution >= 4 is 29.0 Å².